The van der Waals surface area contributed by atoms with Gasteiger partial charge in [-0.3, -0.25) is 4.90 Å². The maximum Gasteiger partial charge on any atom is 0.410 e. The lowest BCUT2D eigenvalue weighted by atomic mass is 9.95. The molecule has 0 aliphatic carbocycles. The SMILES string of the molecule is COc1ccc(C(c2cc(Br)ccc2O)N2CCN(C(=O)OC(C)(C)C)CC2)cc1. The molecule has 3 rings (SSSR count). The lowest BCUT2D eigenvalue weighted by molar-refractivity contribution is 0.0118. The van der Waals surface area contributed by atoms with Crippen LogP contribution in [0.25, 0.3) is 0 Å². The van der Waals surface area contributed by atoms with Crippen molar-refractivity contribution < 1.29 is 19.4 Å². The van der Waals surface area contributed by atoms with Crippen LogP contribution in [0.1, 0.15) is 37.9 Å². The summed E-state index contributed by atoms with van der Waals surface area (Å²) in [6.45, 7) is 8.08. The van der Waals surface area contributed by atoms with Crippen molar-refractivity contribution >= 4 is 22.0 Å². The zero-order valence-electron chi connectivity index (χ0n) is 17.9. The molecule has 0 spiro atoms. The number of ether oxygens (including phenoxy) is 2. The van der Waals surface area contributed by atoms with Crippen LogP contribution in [0.4, 0.5) is 4.79 Å². The second-order valence-corrected chi connectivity index (χ2v) is 9.30. The molecule has 30 heavy (non-hydrogen) atoms. The lowest BCUT2D eigenvalue weighted by Gasteiger charge is -2.40. The number of piperazine rings is 1. The van der Waals surface area contributed by atoms with Crippen molar-refractivity contribution in [2.24, 2.45) is 0 Å². The van der Waals surface area contributed by atoms with Gasteiger partial charge in [-0.2, -0.15) is 0 Å². The highest BCUT2D eigenvalue weighted by molar-refractivity contribution is 9.10. The number of carbonyl (C=O) groups excluding carboxylic acids is 1. The number of rotatable bonds is 4. The van der Waals surface area contributed by atoms with E-state index in [1.165, 1.54) is 0 Å². The Bertz CT molecular complexity index is 872. The topological polar surface area (TPSA) is 62.2 Å². The van der Waals surface area contributed by atoms with Crippen molar-refractivity contribution in [3.63, 3.8) is 0 Å². The predicted molar refractivity (Wildman–Crippen MR) is 120 cm³/mol. The predicted octanol–water partition coefficient (Wildman–Crippen LogP) is 4.81. The molecule has 1 heterocycles. The number of nitrogens with zero attached hydrogens (tertiary/aromatic N) is 2. The largest absolute Gasteiger partial charge is 0.508 e. The van der Waals surface area contributed by atoms with E-state index in [1.807, 2.05) is 57.2 Å². The molecule has 0 aromatic heterocycles. The van der Waals surface area contributed by atoms with E-state index in [-0.39, 0.29) is 17.9 Å². The number of aromatic hydroxyl groups is 1. The molecule has 1 aliphatic rings. The summed E-state index contributed by atoms with van der Waals surface area (Å²) in [5.41, 5.74) is 1.36. The fourth-order valence-corrected chi connectivity index (χ4v) is 3.99. The van der Waals surface area contributed by atoms with Crippen LogP contribution in [-0.4, -0.2) is 59.9 Å². The molecule has 1 aliphatic heterocycles. The van der Waals surface area contributed by atoms with Crippen LogP contribution in [0.15, 0.2) is 46.9 Å². The maximum atomic E-state index is 12.4. The fourth-order valence-electron chi connectivity index (χ4n) is 3.61. The molecule has 1 fully saturated rings. The molecule has 7 heteroatoms. The Morgan fingerprint density at radius 2 is 1.70 bits per heavy atom. The number of phenols is 1. The summed E-state index contributed by atoms with van der Waals surface area (Å²) in [7, 11) is 1.64. The first kappa shape index (κ1) is 22.4. The van der Waals surface area contributed by atoms with Crippen LogP contribution < -0.4 is 4.74 Å². The molecule has 2 aromatic rings. The van der Waals surface area contributed by atoms with Crippen molar-refractivity contribution in [3.8, 4) is 11.5 Å². The van der Waals surface area contributed by atoms with E-state index in [0.717, 1.165) is 21.3 Å². The van der Waals surface area contributed by atoms with Crippen LogP contribution in [0.5, 0.6) is 11.5 Å². The van der Waals surface area contributed by atoms with Crippen LogP contribution in [0.3, 0.4) is 0 Å². The molecule has 2 aromatic carbocycles. The van der Waals surface area contributed by atoms with E-state index >= 15 is 0 Å². The molecule has 0 bridgehead atoms. The third-order valence-electron chi connectivity index (χ3n) is 5.05. The molecular weight excluding hydrogens is 448 g/mol. The highest BCUT2D eigenvalue weighted by atomic mass is 79.9. The highest BCUT2D eigenvalue weighted by Crippen LogP contribution is 2.37. The van der Waals surface area contributed by atoms with E-state index in [0.29, 0.717) is 26.2 Å². The van der Waals surface area contributed by atoms with E-state index in [2.05, 4.69) is 20.8 Å². The van der Waals surface area contributed by atoms with Gasteiger partial charge in [0.15, 0.2) is 0 Å². The van der Waals surface area contributed by atoms with Gasteiger partial charge >= 0.3 is 6.09 Å². The van der Waals surface area contributed by atoms with Gasteiger partial charge in [0.25, 0.3) is 0 Å². The Kier molecular flexibility index (Phi) is 6.93. The van der Waals surface area contributed by atoms with Gasteiger partial charge in [0, 0.05) is 36.2 Å². The molecule has 1 amide bonds. The lowest BCUT2D eigenvalue weighted by Crippen LogP contribution is -2.51. The first-order chi connectivity index (χ1) is 14.2. The van der Waals surface area contributed by atoms with Crippen molar-refractivity contribution in [1.82, 2.24) is 9.80 Å². The Morgan fingerprint density at radius 3 is 2.27 bits per heavy atom. The monoisotopic (exact) mass is 476 g/mol. The Balaban J connectivity index is 1.85. The molecule has 0 radical (unpaired) electrons. The van der Waals surface area contributed by atoms with E-state index < -0.39 is 5.60 Å². The van der Waals surface area contributed by atoms with Gasteiger partial charge in [-0.1, -0.05) is 28.1 Å². The Hall–Kier alpha value is -2.25. The average Bonchev–Trinajstić information content (AvgIpc) is 2.70. The van der Waals surface area contributed by atoms with Crippen molar-refractivity contribution in [3.05, 3.63) is 58.1 Å². The van der Waals surface area contributed by atoms with Crippen LogP contribution in [0, 0.1) is 0 Å². The summed E-state index contributed by atoms with van der Waals surface area (Å²) in [5.74, 6) is 1.03. The number of amides is 1. The standard InChI is InChI=1S/C23H29BrN2O4/c1-23(2,3)30-22(28)26-13-11-25(12-14-26)21(16-5-8-18(29-4)9-6-16)19-15-17(24)7-10-20(19)27/h5-10,15,21,27H,11-14H2,1-4H3. The van der Waals surface area contributed by atoms with Crippen LogP contribution in [0.2, 0.25) is 0 Å². The number of carbonyl (C=O) groups is 1. The number of hydrogen-bond acceptors (Lipinski definition) is 5. The minimum atomic E-state index is -0.512. The van der Waals surface area contributed by atoms with E-state index in [9.17, 15) is 9.90 Å². The molecule has 1 atom stereocenters. The molecule has 1 N–H and O–H groups in total. The second-order valence-electron chi connectivity index (χ2n) is 8.38. The average molecular weight is 477 g/mol. The maximum absolute atomic E-state index is 12.4. The van der Waals surface area contributed by atoms with E-state index in [4.69, 9.17) is 9.47 Å². The quantitative estimate of drug-likeness (QED) is 0.685. The number of benzene rings is 2. The molecule has 162 valence electrons. The normalized spacial score (nSPS) is 16.2. The van der Waals surface area contributed by atoms with Gasteiger partial charge in [-0.15, -0.1) is 0 Å². The minimum absolute atomic E-state index is 0.144. The summed E-state index contributed by atoms with van der Waals surface area (Å²) < 4.78 is 11.7. The molecule has 0 saturated carbocycles. The highest BCUT2D eigenvalue weighted by Gasteiger charge is 2.31. The van der Waals surface area contributed by atoms with Gasteiger partial charge in [-0.05, 0) is 56.7 Å². The van der Waals surface area contributed by atoms with Crippen molar-refractivity contribution in [2.75, 3.05) is 33.3 Å². The third-order valence-corrected chi connectivity index (χ3v) is 5.54. The zero-order valence-corrected chi connectivity index (χ0v) is 19.5. The summed E-state index contributed by atoms with van der Waals surface area (Å²) in [6, 6.07) is 13.2. The van der Waals surface area contributed by atoms with Gasteiger partial charge in [0.05, 0.1) is 13.2 Å². The fraction of sp³-hybridized carbons (Fsp3) is 0.435. The van der Waals surface area contributed by atoms with Gasteiger partial charge < -0.3 is 19.5 Å². The summed E-state index contributed by atoms with van der Waals surface area (Å²) in [6.07, 6.45) is -0.284. The van der Waals surface area contributed by atoms with Gasteiger partial charge in [-0.25, -0.2) is 4.79 Å². The van der Waals surface area contributed by atoms with Crippen molar-refractivity contribution in [1.29, 1.82) is 0 Å². The van der Waals surface area contributed by atoms with E-state index in [1.54, 1.807) is 18.1 Å². The smallest absolute Gasteiger partial charge is 0.410 e. The number of hydrogen-bond donors (Lipinski definition) is 1. The second kappa shape index (κ2) is 9.27. The van der Waals surface area contributed by atoms with Crippen LogP contribution in [-0.2, 0) is 4.74 Å². The third kappa shape index (κ3) is 5.46. The zero-order chi connectivity index (χ0) is 21.9. The van der Waals surface area contributed by atoms with Crippen LogP contribution >= 0.6 is 15.9 Å². The first-order valence-electron chi connectivity index (χ1n) is 10.0. The Labute approximate surface area is 186 Å². The summed E-state index contributed by atoms with van der Waals surface area (Å²) >= 11 is 3.52. The molecule has 1 saturated heterocycles. The minimum Gasteiger partial charge on any atom is -0.508 e. The number of halogens is 1. The van der Waals surface area contributed by atoms with Gasteiger partial charge in [0.2, 0.25) is 0 Å². The number of phenolic OH excluding ortho intramolecular Hbond substituents is 1. The van der Waals surface area contributed by atoms with Crippen molar-refractivity contribution in [2.45, 2.75) is 32.4 Å². The van der Waals surface area contributed by atoms with Gasteiger partial charge in [0.1, 0.15) is 17.1 Å². The summed E-state index contributed by atoms with van der Waals surface area (Å²) in [5, 5.41) is 10.6. The molecule has 1 unspecified atom stereocenters. The number of methoxy groups -OCH3 is 1. The molecular formula is C23H29BrN2O4. The molecule has 6 nitrogen and oxygen atoms in total. The Morgan fingerprint density at radius 1 is 1.07 bits per heavy atom. The summed E-state index contributed by atoms with van der Waals surface area (Å²) in [4.78, 5) is 16.5. The first-order valence-corrected chi connectivity index (χ1v) is 10.8.